The fraction of sp³-hybridized carbons (Fsp3) is 0.412. The lowest BCUT2D eigenvalue weighted by atomic mass is 10.1. The first-order valence-electron chi connectivity index (χ1n) is 7.33. The third-order valence-corrected chi connectivity index (χ3v) is 2.91. The summed E-state index contributed by atoms with van der Waals surface area (Å²) in [5.74, 6) is 0.386. The Morgan fingerprint density at radius 1 is 1.32 bits per heavy atom. The van der Waals surface area contributed by atoms with E-state index in [0.29, 0.717) is 19.8 Å². The third-order valence-electron chi connectivity index (χ3n) is 2.91. The van der Waals surface area contributed by atoms with Crippen LogP contribution < -0.4 is 10.1 Å². The Morgan fingerprint density at radius 2 is 2.05 bits per heavy atom. The predicted octanol–water partition coefficient (Wildman–Crippen LogP) is 2.54. The lowest BCUT2D eigenvalue weighted by Crippen LogP contribution is -2.27. The molecule has 0 heterocycles. The van der Waals surface area contributed by atoms with Gasteiger partial charge < -0.3 is 14.8 Å². The Bertz CT molecular complexity index is 530. The van der Waals surface area contributed by atoms with Gasteiger partial charge in [0.15, 0.2) is 0 Å². The van der Waals surface area contributed by atoms with Crippen LogP contribution in [0.15, 0.2) is 29.8 Å². The molecule has 0 aliphatic rings. The zero-order chi connectivity index (χ0) is 16.2. The smallest absolute Gasteiger partial charge is 0.262 e. The highest BCUT2D eigenvalue weighted by atomic mass is 16.5. The van der Waals surface area contributed by atoms with Gasteiger partial charge in [0, 0.05) is 13.7 Å². The quantitative estimate of drug-likeness (QED) is 0.432. The van der Waals surface area contributed by atoms with Gasteiger partial charge in [0.05, 0.1) is 13.2 Å². The summed E-state index contributed by atoms with van der Waals surface area (Å²) in [6.07, 6.45) is 3.66. The molecule has 0 fully saturated rings. The fourth-order valence-electron chi connectivity index (χ4n) is 1.67. The number of hydrogen-bond acceptors (Lipinski definition) is 4. The van der Waals surface area contributed by atoms with Gasteiger partial charge in [0.25, 0.3) is 5.91 Å². The molecular formula is C17H22N2O3. The monoisotopic (exact) mass is 302 g/mol. The number of unbranched alkanes of at least 4 members (excludes halogenated alkanes) is 1. The highest BCUT2D eigenvalue weighted by Gasteiger charge is 2.08. The van der Waals surface area contributed by atoms with E-state index in [1.54, 1.807) is 13.2 Å². The Morgan fingerprint density at radius 3 is 2.64 bits per heavy atom. The Balaban J connectivity index is 2.65. The van der Waals surface area contributed by atoms with Crippen LogP contribution >= 0.6 is 0 Å². The Labute approximate surface area is 131 Å². The molecule has 0 saturated carbocycles. The number of amides is 1. The first-order chi connectivity index (χ1) is 10.7. The molecule has 118 valence electrons. The van der Waals surface area contributed by atoms with Gasteiger partial charge in [-0.05, 0) is 30.2 Å². The van der Waals surface area contributed by atoms with Crippen molar-refractivity contribution in [3.05, 3.63) is 35.4 Å². The Kier molecular flexibility index (Phi) is 8.39. The number of carbonyl (C=O) groups is 1. The predicted molar refractivity (Wildman–Crippen MR) is 85.3 cm³/mol. The molecule has 5 heteroatoms. The first kappa shape index (κ1) is 17.7. The molecule has 1 amide bonds. The average molecular weight is 302 g/mol. The molecular weight excluding hydrogens is 280 g/mol. The standard InChI is InChI=1S/C17H22N2O3/c1-3-4-10-22-16-7-5-14(6-8-16)12-15(13-18)17(20)19-9-11-21-2/h5-8,12H,3-4,9-11H2,1-2H3,(H,19,20)/b15-12+. The zero-order valence-electron chi connectivity index (χ0n) is 13.1. The molecule has 1 rings (SSSR count). The van der Waals surface area contributed by atoms with Crippen molar-refractivity contribution < 1.29 is 14.3 Å². The zero-order valence-corrected chi connectivity index (χ0v) is 13.1. The molecule has 1 N–H and O–H groups in total. The number of nitriles is 1. The highest BCUT2D eigenvalue weighted by molar-refractivity contribution is 6.01. The summed E-state index contributed by atoms with van der Waals surface area (Å²) in [6, 6.07) is 9.22. The summed E-state index contributed by atoms with van der Waals surface area (Å²) in [6.45, 7) is 3.59. The second-order valence-electron chi connectivity index (χ2n) is 4.69. The number of hydrogen-bond donors (Lipinski definition) is 1. The van der Waals surface area contributed by atoms with Crippen molar-refractivity contribution in [1.29, 1.82) is 5.26 Å². The molecule has 5 nitrogen and oxygen atoms in total. The summed E-state index contributed by atoms with van der Waals surface area (Å²) < 4.78 is 10.4. The second-order valence-corrected chi connectivity index (χ2v) is 4.69. The van der Waals surface area contributed by atoms with Gasteiger partial charge >= 0.3 is 0 Å². The van der Waals surface area contributed by atoms with Crippen molar-refractivity contribution in [2.24, 2.45) is 0 Å². The maximum absolute atomic E-state index is 11.8. The SMILES string of the molecule is CCCCOc1ccc(/C=C(\C#N)C(=O)NCCOC)cc1. The van der Waals surface area contributed by atoms with Crippen molar-refractivity contribution in [2.45, 2.75) is 19.8 Å². The van der Waals surface area contributed by atoms with E-state index in [0.717, 1.165) is 24.2 Å². The van der Waals surface area contributed by atoms with Gasteiger partial charge in [-0.15, -0.1) is 0 Å². The van der Waals surface area contributed by atoms with Crippen LogP contribution in [0.2, 0.25) is 0 Å². The fourth-order valence-corrected chi connectivity index (χ4v) is 1.67. The van der Waals surface area contributed by atoms with Crippen molar-refractivity contribution >= 4 is 12.0 Å². The molecule has 0 spiro atoms. The number of benzene rings is 1. The molecule has 0 unspecified atom stereocenters. The first-order valence-corrected chi connectivity index (χ1v) is 7.33. The minimum atomic E-state index is -0.400. The van der Waals surface area contributed by atoms with Crippen LogP contribution in [0.25, 0.3) is 6.08 Å². The van der Waals surface area contributed by atoms with E-state index in [-0.39, 0.29) is 5.57 Å². The van der Waals surface area contributed by atoms with Crippen LogP contribution in [-0.4, -0.2) is 32.8 Å². The van der Waals surface area contributed by atoms with Gasteiger partial charge in [0.2, 0.25) is 0 Å². The van der Waals surface area contributed by atoms with Gasteiger partial charge in [-0.25, -0.2) is 0 Å². The van der Waals surface area contributed by atoms with E-state index >= 15 is 0 Å². The summed E-state index contributed by atoms with van der Waals surface area (Å²) in [5.41, 5.74) is 0.844. The lowest BCUT2D eigenvalue weighted by molar-refractivity contribution is -0.117. The highest BCUT2D eigenvalue weighted by Crippen LogP contribution is 2.15. The number of nitrogens with one attached hydrogen (secondary N) is 1. The normalized spacial score (nSPS) is 10.9. The van der Waals surface area contributed by atoms with Gasteiger partial charge in [0.1, 0.15) is 17.4 Å². The molecule has 22 heavy (non-hydrogen) atoms. The molecule has 0 radical (unpaired) electrons. The summed E-state index contributed by atoms with van der Waals surface area (Å²) in [5, 5.41) is 11.7. The minimum Gasteiger partial charge on any atom is -0.494 e. The third kappa shape index (κ3) is 6.42. The van der Waals surface area contributed by atoms with Crippen LogP contribution in [0, 0.1) is 11.3 Å². The van der Waals surface area contributed by atoms with Crippen molar-refractivity contribution in [3.63, 3.8) is 0 Å². The summed E-state index contributed by atoms with van der Waals surface area (Å²) in [4.78, 5) is 11.8. The van der Waals surface area contributed by atoms with Crippen LogP contribution in [0.5, 0.6) is 5.75 Å². The average Bonchev–Trinajstić information content (AvgIpc) is 2.54. The van der Waals surface area contributed by atoms with Crippen molar-refractivity contribution in [1.82, 2.24) is 5.32 Å². The van der Waals surface area contributed by atoms with Crippen LogP contribution in [0.3, 0.4) is 0 Å². The van der Waals surface area contributed by atoms with Crippen molar-refractivity contribution in [2.75, 3.05) is 26.9 Å². The van der Waals surface area contributed by atoms with E-state index < -0.39 is 5.91 Å². The molecule has 0 aliphatic heterocycles. The van der Waals surface area contributed by atoms with Crippen LogP contribution in [-0.2, 0) is 9.53 Å². The van der Waals surface area contributed by atoms with E-state index in [9.17, 15) is 4.79 Å². The number of rotatable bonds is 9. The minimum absolute atomic E-state index is 0.0655. The van der Waals surface area contributed by atoms with E-state index in [1.807, 2.05) is 30.3 Å². The van der Waals surface area contributed by atoms with Crippen molar-refractivity contribution in [3.8, 4) is 11.8 Å². The van der Waals surface area contributed by atoms with Crippen LogP contribution in [0.1, 0.15) is 25.3 Å². The van der Waals surface area contributed by atoms with E-state index in [1.165, 1.54) is 0 Å². The topological polar surface area (TPSA) is 71.3 Å². The number of carbonyl (C=O) groups excluding carboxylic acids is 1. The van der Waals surface area contributed by atoms with E-state index in [2.05, 4.69) is 12.2 Å². The maximum atomic E-state index is 11.8. The molecule has 0 aromatic heterocycles. The Hall–Kier alpha value is -2.32. The molecule has 1 aromatic rings. The molecule has 0 bridgehead atoms. The summed E-state index contributed by atoms with van der Waals surface area (Å²) >= 11 is 0. The molecule has 1 aromatic carbocycles. The molecule has 0 aliphatic carbocycles. The van der Waals surface area contributed by atoms with E-state index in [4.69, 9.17) is 14.7 Å². The number of nitrogens with zero attached hydrogens (tertiary/aromatic N) is 1. The molecule has 0 atom stereocenters. The van der Waals surface area contributed by atoms with Gasteiger partial charge in [-0.1, -0.05) is 25.5 Å². The van der Waals surface area contributed by atoms with Gasteiger partial charge in [-0.2, -0.15) is 5.26 Å². The largest absolute Gasteiger partial charge is 0.494 e. The van der Waals surface area contributed by atoms with Crippen LogP contribution in [0.4, 0.5) is 0 Å². The number of methoxy groups -OCH3 is 1. The second kappa shape index (κ2) is 10.4. The summed E-state index contributed by atoms with van der Waals surface area (Å²) in [7, 11) is 1.55. The molecule has 0 saturated heterocycles. The van der Waals surface area contributed by atoms with Gasteiger partial charge in [-0.3, -0.25) is 4.79 Å². The lowest BCUT2D eigenvalue weighted by Gasteiger charge is -2.06. The maximum Gasteiger partial charge on any atom is 0.262 e. The number of ether oxygens (including phenoxy) is 2.